The van der Waals surface area contributed by atoms with Crippen LogP contribution in [0.5, 0.6) is 5.75 Å². The van der Waals surface area contributed by atoms with Crippen molar-refractivity contribution >= 4 is 34.0 Å². The van der Waals surface area contributed by atoms with Crippen molar-refractivity contribution in [3.8, 4) is 5.75 Å². The molecule has 0 aliphatic carbocycles. The maximum atomic E-state index is 12.4. The zero-order valence-electron chi connectivity index (χ0n) is 16.6. The Bertz CT molecular complexity index is 799. The van der Waals surface area contributed by atoms with Crippen molar-refractivity contribution in [2.24, 2.45) is 0 Å². The maximum Gasteiger partial charge on any atom is 0.260 e. The molecule has 8 heteroatoms. The van der Waals surface area contributed by atoms with E-state index in [1.165, 1.54) is 38.0 Å². The van der Waals surface area contributed by atoms with Gasteiger partial charge in [0.1, 0.15) is 5.75 Å². The van der Waals surface area contributed by atoms with Gasteiger partial charge in [-0.25, -0.2) is 4.98 Å². The van der Waals surface area contributed by atoms with Gasteiger partial charge in [0.2, 0.25) is 0 Å². The molecule has 0 spiro atoms. The number of benzene rings is 1. The van der Waals surface area contributed by atoms with Gasteiger partial charge in [-0.05, 0) is 50.2 Å². The molecule has 6 nitrogen and oxygen atoms in total. The summed E-state index contributed by atoms with van der Waals surface area (Å²) in [5.74, 6) is 0.676. The Morgan fingerprint density at radius 3 is 2.48 bits per heavy atom. The van der Waals surface area contributed by atoms with Crippen LogP contribution >= 0.6 is 22.9 Å². The quantitative estimate of drug-likeness (QED) is 0.696. The fourth-order valence-electron chi connectivity index (χ4n) is 3.78. The molecule has 2 aromatic rings. The summed E-state index contributed by atoms with van der Waals surface area (Å²) in [4.78, 5) is 23.9. The number of likely N-dealkylation sites (tertiary alicyclic amines) is 1. The Morgan fingerprint density at radius 1 is 1.03 bits per heavy atom. The Balaban J connectivity index is 1.22. The van der Waals surface area contributed by atoms with E-state index in [0.29, 0.717) is 23.9 Å². The van der Waals surface area contributed by atoms with Crippen molar-refractivity contribution in [1.29, 1.82) is 0 Å². The molecule has 2 aliphatic rings. The van der Waals surface area contributed by atoms with Crippen LogP contribution in [0, 0.1) is 0 Å². The fraction of sp³-hybridized carbons (Fsp3) is 0.524. The minimum absolute atomic E-state index is 0.0181. The lowest BCUT2D eigenvalue weighted by Crippen LogP contribution is -2.50. The Kier molecular flexibility index (Phi) is 6.90. The Hall–Kier alpha value is -1.83. The number of aromatic nitrogens is 1. The number of amides is 1. The summed E-state index contributed by atoms with van der Waals surface area (Å²) < 4.78 is 5.58. The van der Waals surface area contributed by atoms with Crippen LogP contribution in [-0.2, 0) is 11.3 Å². The van der Waals surface area contributed by atoms with Crippen LogP contribution < -0.4 is 9.64 Å². The van der Waals surface area contributed by atoms with Crippen molar-refractivity contribution in [3.05, 3.63) is 40.4 Å². The number of piperidine rings is 1. The summed E-state index contributed by atoms with van der Waals surface area (Å²) in [5.41, 5.74) is 1.17. The summed E-state index contributed by atoms with van der Waals surface area (Å²) in [7, 11) is 0. The second-order valence-corrected chi connectivity index (χ2v) is 8.84. The average Bonchev–Trinajstić information content (AvgIpc) is 3.22. The van der Waals surface area contributed by atoms with E-state index >= 15 is 0 Å². The van der Waals surface area contributed by atoms with Gasteiger partial charge in [-0.15, -0.1) is 11.3 Å². The number of nitrogens with zero attached hydrogens (tertiary/aromatic N) is 4. The number of rotatable bonds is 6. The minimum Gasteiger partial charge on any atom is -0.484 e. The summed E-state index contributed by atoms with van der Waals surface area (Å²) in [6, 6.07) is 7.07. The van der Waals surface area contributed by atoms with Crippen molar-refractivity contribution < 1.29 is 9.53 Å². The number of carbonyl (C=O) groups is 1. The van der Waals surface area contributed by atoms with Gasteiger partial charge in [0.05, 0.1) is 5.69 Å². The van der Waals surface area contributed by atoms with Crippen LogP contribution in [0.25, 0.3) is 0 Å². The normalized spacial score (nSPS) is 18.1. The second-order valence-electron chi connectivity index (χ2n) is 7.57. The van der Waals surface area contributed by atoms with Crippen molar-refractivity contribution in [2.45, 2.75) is 25.8 Å². The first-order chi connectivity index (χ1) is 14.2. The second kappa shape index (κ2) is 9.78. The topological polar surface area (TPSA) is 48.9 Å². The first-order valence-electron chi connectivity index (χ1n) is 10.3. The van der Waals surface area contributed by atoms with E-state index in [9.17, 15) is 4.79 Å². The number of ether oxygens (including phenoxy) is 1. The summed E-state index contributed by atoms with van der Waals surface area (Å²) in [6.45, 7) is 6.40. The van der Waals surface area contributed by atoms with Crippen LogP contribution in [0.2, 0.25) is 5.02 Å². The molecule has 1 amide bonds. The van der Waals surface area contributed by atoms with Crippen LogP contribution in [0.1, 0.15) is 25.0 Å². The maximum absolute atomic E-state index is 12.4. The van der Waals surface area contributed by atoms with E-state index < -0.39 is 0 Å². The smallest absolute Gasteiger partial charge is 0.260 e. The number of piperazine rings is 1. The first kappa shape index (κ1) is 20.4. The molecule has 2 fully saturated rings. The SMILES string of the molecule is O=C(COc1ccc(Cl)cc1)N1CCN(c2nc(CN3CCCCC3)cs2)CC1. The number of halogens is 1. The number of hydrogen-bond donors (Lipinski definition) is 0. The molecule has 29 heavy (non-hydrogen) atoms. The molecular formula is C21H27ClN4O2S. The molecule has 1 aromatic carbocycles. The highest BCUT2D eigenvalue weighted by Crippen LogP contribution is 2.24. The van der Waals surface area contributed by atoms with Gasteiger partial charge in [-0.2, -0.15) is 0 Å². The van der Waals surface area contributed by atoms with Crippen LogP contribution in [0.3, 0.4) is 0 Å². The van der Waals surface area contributed by atoms with Gasteiger partial charge < -0.3 is 14.5 Å². The summed E-state index contributed by atoms with van der Waals surface area (Å²) in [6.07, 6.45) is 3.95. The van der Waals surface area contributed by atoms with Crippen molar-refractivity contribution in [1.82, 2.24) is 14.8 Å². The zero-order chi connectivity index (χ0) is 20.1. The molecule has 4 rings (SSSR count). The predicted molar refractivity (Wildman–Crippen MR) is 117 cm³/mol. The Labute approximate surface area is 181 Å². The standard InChI is InChI=1S/C21H27ClN4O2S/c22-17-4-6-19(7-5-17)28-15-20(27)25-10-12-26(13-11-25)21-23-18(16-29-21)14-24-8-2-1-3-9-24/h4-7,16H,1-3,8-15H2. The molecular weight excluding hydrogens is 408 g/mol. The van der Waals surface area contributed by atoms with Crippen molar-refractivity contribution in [3.63, 3.8) is 0 Å². The fourth-order valence-corrected chi connectivity index (χ4v) is 4.77. The van der Waals surface area contributed by atoms with E-state index in [2.05, 4.69) is 15.2 Å². The highest BCUT2D eigenvalue weighted by Gasteiger charge is 2.23. The van der Waals surface area contributed by atoms with E-state index in [4.69, 9.17) is 21.3 Å². The number of thiazole rings is 1. The number of carbonyl (C=O) groups excluding carboxylic acids is 1. The molecule has 2 aliphatic heterocycles. The molecule has 0 bridgehead atoms. The molecule has 1 aromatic heterocycles. The van der Waals surface area contributed by atoms with Crippen LogP contribution in [0.4, 0.5) is 5.13 Å². The van der Waals surface area contributed by atoms with Gasteiger partial charge >= 0.3 is 0 Å². The van der Waals surface area contributed by atoms with Crippen LogP contribution in [-0.4, -0.2) is 66.6 Å². The molecule has 0 saturated carbocycles. The first-order valence-corrected chi connectivity index (χ1v) is 11.5. The molecule has 2 saturated heterocycles. The third-order valence-corrected chi connectivity index (χ3v) is 6.65. The van der Waals surface area contributed by atoms with Crippen LogP contribution in [0.15, 0.2) is 29.6 Å². The third-order valence-electron chi connectivity index (χ3n) is 5.45. The minimum atomic E-state index is 0.0181. The predicted octanol–water partition coefficient (Wildman–Crippen LogP) is 3.51. The zero-order valence-corrected chi connectivity index (χ0v) is 18.1. The lowest BCUT2D eigenvalue weighted by atomic mass is 10.1. The highest BCUT2D eigenvalue weighted by molar-refractivity contribution is 7.13. The third kappa shape index (κ3) is 5.62. The van der Waals surface area contributed by atoms with Crippen molar-refractivity contribution in [2.75, 3.05) is 50.8 Å². The van der Waals surface area contributed by atoms with E-state index in [0.717, 1.165) is 24.8 Å². The highest BCUT2D eigenvalue weighted by atomic mass is 35.5. The number of anilines is 1. The average molecular weight is 435 g/mol. The largest absolute Gasteiger partial charge is 0.484 e. The molecule has 156 valence electrons. The van der Waals surface area contributed by atoms with Gasteiger partial charge in [0.25, 0.3) is 5.91 Å². The summed E-state index contributed by atoms with van der Waals surface area (Å²) in [5, 5.41) is 3.91. The molecule has 3 heterocycles. The summed E-state index contributed by atoms with van der Waals surface area (Å²) >= 11 is 7.58. The van der Waals surface area contributed by atoms with E-state index in [1.807, 2.05) is 4.90 Å². The van der Waals surface area contributed by atoms with Gasteiger partial charge in [-0.1, -0.05) is 18.0 Å². The lowest BCUT2D eigenvalue weighted by molar-refractivity contribution is -0.133. The molecule has 0 radical (unpaired) electrons. The monoisotopic (exact) mass is 434 g/mol. The Morgan fingerprint density at radius 2 is 1.76 bits per heavy atom. The molecule has 0 unspecified atom stereocenters. The van der Waals surface area contributed by atoms with Gasteiger partial charge in [-0.3, -0.25) is 9.69 Å². The number of hydrogen-bond acceptors (Lipinski definition) is 6. The lowest BCUT2D eigenvalue weighted by Gasteiger charge is -2.34. The van der Waals surface area contributed by atoms with Gasteiger partial charge in [0, 0.05) is 43.1 Å². The molecule has 0 N–H and O–H groups in total. The van der Waals surface area contributed by atoms with E-state index in [-0.39, 0.29) is 12.5 Å². The van der Waals surface area contributed by atoms with Gasteiger partial charge in [0.15, 0.2) is 11.7 Å². The van der Waals surface area contributed by atoms with E-state index in [1.54, 1.807) is 35.6 Å². The molecule has 0 atom stereocenters.